The molecule has 0 radical (unpaired) electrons. The summed E-state index contributed by atoms with van der Waals surface area (Å²) in [5, 5.41) is 19.1. The van der Waals surface area contributed by atoms with Crippen LogP contribution in [0.25, 0.3) is 11.4 Å². The highest BCUT2D eigenvalue weighted by molar-refractivity contribution is 7.98. The van der Waals surface area contributed by atoms with Crippen LogP contribution in [-0.4, -0.2) is 33.8 Å². The Labute approximate surface area is 172 Å². The summed E-state index contributed by atoms with van der Waals surface area (Å²) in [6.07, 6.45) is 1.82. The van der Waals surface area contributed by atoms with Gasteiger partial charge < -0.3 is 9.47 Å². The van der Waals surface area contributed by atoms with E-state index in [-0.39, 0.29) is 5.69 Å². The van der Waals surface area contributed by atoms with E-state index in [1.54, 1.807) is 19.2 Å². The summed E-state index contributed by atoms with van der Waals surface area (Å²) in [6.45, 7) is 2.51. The van der Waals surface area contributed by atoms with Crippen LogP contribution in [0.1, 0.15) is 25.3 Å². The van der Waals surface area contributed by atoms with Gasteiger partial charge in [0.15, 0.2) is 11.6 Å². The summed E-state index contributed by atoms with van der Waals surface area (Å²) in [4.78, 5) is 15.5. The number of rotatable bonds is 10. The number of ether oxygens (including phenoxy) is 2. The molecule has 0 fully saturated rings. The van der Waals surface area contributed by atoms with Gasteiger partial charge in [-0.25, -0.2) is 4.98 Å². The number of aromatic nitrogens is 3. The lowest BCUT2D eigenvalue weighted by Gasteiger charge is -2.07. The molecule has 152 valence electrons. The van der Waals surface area contributed by atoms with Gasteiger partial charge in [0, 0.05) is 11.8 Å². The van der Waals surface area contributed by atoms with E-state index >= 15 is 0 Å². The van der Waals surface area contributed by atoms with E-state index in [2.05, 4.69) is 15.2 Å². The maximum Gasteiger partial charge on any atom is 0.311 e. The quantitative estimate of drug-likeness (QED) is 0.219. The lowest BCUT2D eigenvalue weighted by Crippen LogP contribution is -2.01. The van der Waals surface area contributed by atoms with Crippen LogP contribution in [-0.2, 0) is 5.75 Å². The maximum absolute atomic E-state index is 11.4. The molecular formula is C20H22N4O4S. The number of hydrogen-bond acceptors (Lipinski definition) is 7. The number of para-hydroxylation sites is 1. The van der Waals surface area contributed by atoms with Crippen molar-refractivity contribution in [2.75, 3.05) is 13.7 Å². The molecule has 0 aliphatic rings. The molecule has 0 saturated heterocycles. The number of hydrogen-bond donors (Lipinski definition) is 1. The minimum Gasteiger partial charge on any atom is -0.496 e. The molecule has 8 nitrogen and oxygen atoms in total. The summed E-state index contributed by atoms with van der Waals surface area (Å²) in [5.74, 6) is 2.11. The molecule has 0 bridgehead atoms. The largest absolute Gasteiger partial charge is 0.496 e. The van der Waals surface area contributed by atoms with E-state index in [9.17, 15) is 10.1 Å². The number of aromatic amines is 1. The first-order valence-corrected chi connectivity index (χ1v) is 10.2. The molecule has 3 rings (SSSR count). The van der Waals surface area contributed by atoms with Gasteiger partial charge in [-0.2, -0.15) is 0 Å². The molecule has 1 heterocycles. The van der Waals surface area contributed by atoms with Crippen molar-refractivity contribution >= 4 is 17.4 Å². The number of nitro groups is 1. The zero-order valence-electron chi connectivity index (χ0n) is 16.3. The third-order valence-corrected chi connectivity index (χ3v) is 5.09. The van der Waals surface area contributed by atoms with Gasteiger partial charge in [-0.05, 0) is 30.2 Å². The highest BCUT2D eigenvalue weighted by Crippen LogP contribution is 2.32. The summed E-state index contributed by atoms with van der Waals surface area (Å²) < 4.78 is 10.9. The van der Waals surface area contributed by atoms with Crippen molar-refractivity contribution in [1.82, 2.24) is 15.2 Å². The van der Waals surface area contributed by atoms with E-state index in [0.717, 1.165) is 24.0 Å². The topological polar surface area (TPSA) is 103 Å². The van der Waals surface area contributed by atoms with Crippen LogP contribution in [0.2, 0.25) is 0 Å². The maximum atomic E-state index is 11.4. The van der Waals surface area contributed by atoms with E-state index in [1.165, 1.54) is 11.8 Å². The normalized spacial score (nSPS) is 10.7. The number of benzene rings is 2. The fraction of sp³-hybridized carbons (Fsp3) is 0.300. The van der Waals surface area contributed by atoms with E-state index in [4.69, 9.17) is 9.47 Å². The molecule has 1 aromatic heterocycles. The summed E-state index contributed by atoms with van der Waals surface area (Å²) in [7, 11) is 1.60. The smallest absolute Gasteiger partial charge is 0.311 e. The Morgan fingerprint density at radius 2 is 2.03 bits per heavy atom. The molecule has 29 heavy (non-hydrogen) atoms. The Balaban J connectivity index is 1.69. The molecule has 9 heteroatoms. The van der Waals surface area contributed by atoms with Crippen LogP contribution in [0.15, 0.2) is 47.6 Å². The molecule has 0 atom stereocenters. The van der Waals surface area contributed by atoms with Crippen LogP contribution in [0.3, 0.4) is 0 Å². The van der Waals surface area contributed by atoms with Crippen LogP contribution < -0.4 is 9.47 Å². The van der Waals surface area contributed by atoms with Gasteiger partial charge >= 0.3 is 5.69 Å². The minimum atomic E-state index is -0.415. The van der Waals surface area contributed by atoms with Crippen LogP contribution in [0.5, 0.6) is 11.5 Å². The lowest BCUT2D eigenvalue weighted by atomic mass is 10.2. The Bertz CT molecular complexity index is 977. The van der Waals surface area contributed by atoms with Gasteiger partial charge in [0.25, 0.3) is 0 Å². The standard InChI is InChI=1S/C20H22N4O4S/c1-3-4-11-28-18-10-9-14(12-16(18)24(25)26)13-29-20-21-19(22-23-20)15-7-5-6-8-17(15)27-2/h5-10,12H,3-4,11,13H2,1-2H3,(H,21,22,23). The Hall–Kier alpha value is -3.07. The number of methoxy groups -OCH3 is 1. The van der Waals surface area contributed by atoms with Gasteiger partial charge in [0.1, 0.15) is 5.75 Å². The molecule has 0 spiro atoms. The van der Waals surface area contributed by atoms with Crippen molar-refractivity contribution in [2.24, 2.45) is 0 Å². The fourth-order valence-corrected chi connectivity index (χ4v) is 3.40. The van der Waals surface area contributed by atoms with Crippen molar-refractivity contribution in [3.05, 3.63) is 58.1 Å². The first kappa shape index (κ1) is 20.7. The van der Waals surface area contributed by atoms with Gasteiger partial charge in [0.2, 0.25) is 5.16 Å². The van der Waals surface area contributed by atoms with Crippen molar-refractivity contribution in [2.45, 2.75) is 30.7 Å². The molecule has 3 aromatic rings. The van der Waals surface area contributed by atoms with Crippen LogP contribution >= 0.6 is 11.8 Å². The summed E-state index contributed by atoms with van der Waals surface area (Å²) >= 11 is 1.39. The third kappa shape index (κ3) is 5.26. The monoisotopic (exact) mass is 414 g/mol. The number of nitro benzene ring substituents is 1. The second-order valence-corrected chi connectivity index (χ2v) is 7.16. The van der Waals surface area contributed by atoms with E-state index < -0.39 is 4.92 Å². The van der Waals surface area contributed by atoms with Gasteiger partial charge in [-0.1, -0.05) is 43.3 Å². The summed E-state index contributed by atoms with van der Waals surface area (Å²) in [6, 6.07) is 12.6. The molecule has 0 unspecified atom stereocenters. The van der Waals surface area contributed by atoms with Crippen molar-refractivity contribution in [3.8, 4) is 22.9 Å². The predicted molar refractivity (Wildman–Crippen MR) is 111 cm³/mol. The molecule has 2 aromatic carbocycles. The number of H-pyrrole nitrogens is 1. The van der Waals surface area contributed by atoms with Crippen molar-refractivity contribution < 1.29 is 14.4 Å². The number of nitrogens with one attached hydrogen (secondary N) is 1. The zero-order valence-corrected chi connectivity index (χ0v) is 17.1. The number of nitrogens with zero attached hydrogens (tertiary/aromatic N) is 3. The van der Waals surface area contributed by atoms with E-state index in [0.29, 0.717) is 34.8 Å². The average molecular weight is 414 g/mol. The molecule has 0 amide bonds. The predicted octanol–water partition coefficient (Wildman–Crippen LogP) is 4.86. The second-order valence-electron chi connectivity index (χ2n) is 6.22. The highest BCUT2D eigenvalue weighted by atomic mass is 32.2. The molecular weight excluding hydrogens is 392 g/mol. The second kappa shape index (κ2) is 9.92. The summed E-state index contributed by atoms with van der Waals surface area (Å²) in [5.41, 5.74) is 1.59. The molecule has 0 aliphatic carbocycles. The van der Waals surface area contributed by atoms with Crippen molar-refractivity contribution in [1.29, 1.82) is 0 Å². The van der Waals surface area contributed by atoms with Crippen LogP contribution in [0, 0.1) is 10.1 Å². The van der Waals surface area contributed by atoms with Gasteiger partial charge in [0.05, 0.1) is 24.2 Å². The van der Waals surface area contributed by atoms with Gasteiger partial charge in [-0.15, -0.1) is 5.10 Å². The minimum absolute atomic E-state index is 0.0242. The molecule has 0 aliphatic heterocycles. The van der Waals surface area contributed by atoms with Gasteiger partial charge in [-0.3, -0.25) is 15.2 Å². The SMILES string of the molecule is CCCCOc1ccc(CSc2n[nH]c(-c3ccccc3OC)n2)cc1[N+](=O)[O-]. The Morgan fingerprint density at radius 1 is 1.21 bits per heavy atom. The van der Waals surface area contributed by atoms with Crippen LogP contribution in [0.4, 0.5) is 5.69 Å². The van der Waals surface area contributed by atoms with E-state index in [1.807, 2.05) is 37.3 Å². The third-order valence-electron chi connectivity index (χ3n) is 4.17. The Kier molecular flexibility index (Phi) is 7.07. The number of thioether (sulfide) groups is 1. The zero-order chi connectivity index (χ0) is 20.6. The fourth-order valence-electron chi connectivity index (χ4n) is 2.66. The number of unbranched alkanes of at least 4 members (excludes halogenated alkanes) is 1. The molecule has 0 saturated carbocycles. The lowest BCUT2D eigenvalue weighted by molar-refractivity contribution is -0.385. The average Bonchev–Trinajstić information content (AvgIpc) is 3.21. The first-order chi connectivity index (χ1) is 14.1. The highest BCUT2D eigenvalue weighted by Gasteiger charge is 2.17. The van der Waals surface area contributed by atoms with Crippen molar-refractivity contribution in [3.63, 3.8) is 0 Å². The first-order valence-electron chi connectivity index (χ1n) is 9.21. The molecule has 1 N–H and O–H groups in total. The Morgan fingerprint density at radius 3 is 2.79 bits per heavy atom.